The quantitative estimate of drug-likeness (QED) is 0.444. The topological polar surface area (TPSA) is 94.4 Å². The highest BCUT2D eigenvalue weighted by atomic mass is 16.6. The number of carbonyl (C=O) groups is 1. The lowest BCUT2D eigenvalue weighted by atomic mass is 10.4. The highest BCUT2D eigenvalue weighted by molar-refractivity contribution is 5.74. The molecule has 0 spiro atoms. The van der Waals surface area contributed by atoms with E-state index in [4.69, 9.17) is 0 Å². The summed E-state index contributed by atoms with van der Waals surface area (Å²) in [5.74, 6) is -0.660. The Hall–Kier alpha value is -2.18. The molecule has 0 atom stereocenters. The van der Waals surface area contributed by atoms with Crippen molar-refractivity contribution in [3.05, 3.63) is 28.4 Å². The van der Waals surface area contributed by atoms with Crippen LogP contribution in [0, 0.1) is 10.1 Å². The third kappa shape index (κ3) is 3.22. The molecule has 80 valence electrons. The van der Waals surface area contributed by atoms with Crippen molar-refractivity contribution in [1.82, 2.24) is 4.98 Å². The zero-order valence-electron chi connectivity index (χ0n) is 7.97. The Morgan fingerprint density at radius 2 is 2.40 bits per heavy atom. The van der Waals surface area contributed by atoms with Gasteiger partial charge in [-0.05, 0) is 16.0 Å². The Morgan fingerprint density at radius 1 is 1.67 bits per heavy atom. The van der Waals surface area contributed by atoms with Crippen LogP contribution in [0.4, 0.5) is 11.5 Å². The van der Waals surface area contributed by atoms with Crippen molar-refractivity contribution in [2.24, 2.45) is 0 Å². The Kier molecular flexibility index (Phi) is 3.55. The minimum atomic E-state index is -0.593. The van der Waals surface area contributed by atoms with Crippen LogP contribution in [0.2, 0.25) is 0 Å². The van der Waals surface area contributed by atoms with E-state index in [-0.39, 0.29) is 12.4 Å². The Morgan fingerprint density at radius 3 is 2.87 bits per heavy atom. The second kappa shape index (κ2) is 4.89. The van der Waals surface area contributed by atoms with Gasteiger partial charge < -0.3 is 20.2 Å². The molecule has 15 heavy (non-hydrogen) atoms. The number of ether oxygens (including phenoxy) is 1. The Balaban J connectivity index is 2.57. The van der Waals surface area contributed by atoms with Crippen LogP contribution in [-0.4, -0.2) is 29.5 Å². The minimum absolute atomic E-state index is 0.00398. The lowest BCUT2D eigenvalue weighted by Crippen LogP contribution is -2.14. The van der Waals surface area contributed by atoms with Crippen molar-refractivity contribution in [2.75, 3.05) is 19.0 Å². The van der Waals surface area contributed by atoms with E-state index in [0.717, 1.165) is 0 Å². The van der Waals surface area contributed by atoms with E-state index in [1.54, 1.807) is 0 Å². The number of methoxy groups -OCH3 is 1. The largest absolute Gasteiger partial charge is 0.468 e. The standard InChI is InChI=1S/C8H9N3O4/c1-15-8(12)5-9-6-2-3-7(10-4-6)11(13)14/h2-4,9H,5H2,1H3. The molecule has 1 aromatic rings. The third-order valence-electron chi connectivity index (χ3n) is 1.60. The first-order valence-electron chi connectivity index (χ1n) is 4.04. The molecule has 1 aromatic heterocycles. The number of nitro groups is 1. The van der Waals surface area contributed by atoms with E-state index < -0.39 is 10.9 Å². The molecule has 0 aliphatic heterocycles. The van der Waals surface area contributed by atoms with Gasteiger partial charge in [0, 0.05) is 6.07 Å². The molecule has 1 heterocycles. The molecule has 0 radical (unpaired) electrons. The van der Waals surface area contributed by atoms with Gasteiger partial charge in [0.25, 0.3) is 0 Å². The smallest absolute Gasteiger partial charge is 0.363 e. The molecule has 7 heteroatoms. The van der Waals surface area contributed by atoms with Crippen molar-refractivity contribution in [2.45, 2.75) is 0 Å². The summed E-state index contributed by atoms with van der Waals surface area (Å²) in [6.45, 7) is -0.00398. The molecule has 0 saturated carbocycles. The van der Waals surface area contributed by atoms with Gasteiger partial charge in [0.2, 0.25) is 0 Å². The molecular formula is C8H9N3O4. The lowest BCUT2D eigenvalue weighted by Gasteiger charge is -2.02. The first-order valence-corrected chi connectivity index (χ1v) is 4.04. The van der Waals surface area contributed by atoms with Gasteiger partial charge in [-0.15, -0.1) is 0 Å². The average molecular weight is 211 g/mol. The normalized spacial score (nSPS) is 9.40. The summed E-state index contributed by atoms with van der Waals surface area (Å²) < 4.78 is 4.40. The fourth-order valence-electron chi connectivity index (χ4n) is 0.845. The number of anilines is 1. The van der Waals surface area contributed by atoms with E-state index in [1.807, 2.05) is 0 Å². The maximum absolute atomic E-state index is 10.7. The zero-order valence-corrected chi connectivity index (χ0v) is 7.97. The van der Waals surface area contributed by atoms with Crippen LogP contribution in [0.3, 0.4) is 0 Å². The first kappa shape index (κ1) is 10.9. The van der Waals surface area contributed by atoms with Gasteiger partial charge in [0.05, 0.1) is 12.8 Å². The molecule has 0 amide bonds. The summed E-state index contributed by atoms with van der Waals surface area (Å²) in [4.78, 5) is 24.0. The summed E-state index contributed by atoms with van der Waals surface area (Å²) in [6.07, 6.45) is 1.28. The SMILES string of the molecule is COC(=O)CNc1ccc([N+](=O)[O-])nc1. The molecule has 7 nitrogen and oxygen atoms in total. The van der Waals surface area contributed by atoms with Crippen molar-refractivity contribution >= 4 is 17.5 Å². The summed E-state index contributed by atoms with van der Waals surface area (Å²) in [5.41, 5.74) is 0.519. The van der Waals surface area contributed by atoms with E-state index in [9.17, 15) is 14.9 Å². The van der Waals surface area contributed by atoms with Gasteiger partial charge in [-0.3, -0.25) is 4.79 Å². The molecule has 1 rings (SSSR count). The van der Waals surface area contributed by atoms with Crippen LogP contribution in [0.1, 0.15) is 0 Å². The van der Waals surface area contributed by atoms with Crippen LogP contribution >= 0.6 is 0 Å². The molecular weight excluding hydrogens is 202 g/mol. The number of pyridine rings is 1. The number of hydrogen-bond acceptors (Lipinski definition) is 6. The van der Waals surface area contributed by atoms with Gasteiger partial charge in [0.1, 0.15) is 6.54 Å². The minimum Gasteiger partial charge on any atom is -0.468 e. The van der Waals surface area contributed by atoms with Crippen LogP contribution in [0.15, 0.2) is 18.3 Å². The van der Waals surface area contributed by atoms with Crippen molar-refractivity contribution in [3.63, 3.8) is 0 Å². The third-order valence-corrected chi connectivity index (χ3v) is 1.60. The van der Waals surface area contributed by atoms with Crippen molar-refractivity contribution in [1.29, 1.82) is 0 Å². The summed E-state index contributed by atoms with van der Waals surface area (Å²) >= 11 is 0. The predicted molar refractivity (Wildman–Crippen MR) is 51.4 cm³/mol. The molecule has 0 unspecified atom stereocenters. The maximum Gasteiger partial charge on any atom is 0.363 e. The molecule has 1 N–H and O–H groups in total. The van der Waals surface area contributed by atoms with Crippen LogP contribution in [-0.2, 0) is 9.53 Å². The van der Waals surface area contributed by atoms with E-state index >= 15 is 0 Å². The number of hydrogen-bond donors (Lipinski definition) is 1. The van der Waals surface area contributed by atoms with Gasteiger partial charge in [-0.1, -0.05) is 0 Å². The van der Waals surface area contributed by atoms with E-state index in [0.29, 0.717) is 5.69 Å². The van der Waals surface area contributed by atoms with Crippen LogP contribution in [0.5, 0.6) is 0 Å². The molecule has 0 fully saturated rings. The first-order chi connectivity index (χ1) is 7.13. The van der Waals surface area contributed by atoms with Gasteiger partial charge >= 0.3 is 11.8 Å². The number of carbonyl (C=O) groups excluding carboxylic acids is 1. The lowest BCUT2D eigenvalue weighted by molar-refractivity contribution is -0.389. The van der Waals surface area contributed by atoms with Crippen molar-refractivity contribution < 1.29 is 14.5 Å². The maximum atomic E-state index is 10.7. The second-order valence-corrected chi connectivity index (χ2v) is 2.59. The molecule has 0 aliphatic carbocycles. The monoisotopic (exact) mass is 211 g/mol. The summed E-state index contributed by atoms with van der Waals surface area (Å²) in [7, 11) is 1.28. The number of rotatable bonds is 4. The van der Waals surface area contributed by atoms with Crippen LogP contribution in [0.25, 0.3) is 0 Å². The van der Waals surface area contributed by atoms with Gasteiger partial charge in [-0.2, -0.15) is 0 Å². The van der Waals surface area contributed by atoms with E-state index in [2.05, 4.69) is 15.0 Å². The summed E-state index contributed by atoms with van der Waals surface area (Å²) in [6, 6.07) is 2.72. The molecule has 0 aliphatic rings. The number of esters is 1. The fraction of sp³-hybridized carbons (Fsp3) is 0.250. The number of nitrogens with one attached hydrogen (secondary N) is 1. The highest BCUT2D eigenvalue weighted by Gasteiger charge is 2.06. The molecule has 0 saturated heterocycles. The average Bonchev–Trinajstić information content (AvgIpc) is 2.26. The highest BCUT2D eigenvalue weighted by Crippen LogP contribution is 2.10. The number of aromatic nitrogens is 1. The second-order valence-electron chi connectivity index (χ2n) is 2.59. The fourth-order valence-corrected chi connectivity index (χ4v) is 0.845. The Labute approximate surface area is 85.2 Å². The van der Waals surface area contributed by atoms with Crippen LogP contribution < -0.4 is 5.32 Å². The zero-order chi connectivity index (χ0) is 11.3. The molecule has 0 aromatic carbocycles. The number of nitrogens with zero attached hydrogens (tertiary/aromatic N) is 2. The predicted octanol–water partition coefficient (Wildman–Crippen LogP) is 0.575. The Bertz CT molecular complexity index is 363. The van der Waals surface area contributed by atoms with Gasteiger partial charge in [0.15, 0.2) is 6.20 Å². The van der Waals surface area contributed by atoms with Crippen molar-refractivity contribution in [3.8, 4) is 0 Å². The molecule has 0 bridgehead atoms. The van der Waals surface area contributed by atoms with E-state index in [1.165, 1.54) is 25.4 Å². The van der Waals surface area contributed by atoms with Gasteiger partial charge in [-0.25, -0.2) is 0 Å². The summed E-state index contributed by atoms with van der Waals surface area (Å²) in [5, 5.41) is 13.0.